The molecule has 1 aliphatic heterocycles. The molecule has 0 saturated carbocycles. The van der Waals surface area contributed by atoms with Crippen molar-refractivity contribution in [2.75, 3.05) is 6.61 Å². The molecule has 3 rings (SSSR count). The largest absolute Gasteiger partial charge is 0.370 e. The second-order valence-electron chi connectivity index (χ2n) is 4.49. The first-order valence-corrected chi connectivity index (χ1v) is 5.80. The van der Waals surface area contributed by atoms with Gasteiger partial charge in [0.2, 0.25) is 0 Å². The summed E-state index contributed by atoms with van der Waals surface area (Å²) < 4.78 is 5.62. The van der Waals surface area contributed by atoms with Gasteiger partial charge in [-0.1, -0.05) is 0 Å². The Kier molecular flexibility index (Phi) is 2.25. The minimum absolute atomic E-state index is 0.125. The van der Waals surface area contributed by atoms with Crippen LogP contribution in [0.3, 0.4) is 0 Å². The summed E-state index contributed by atoms with van der Waals surface area (Å²) in [5, 5.41) is 0. The smallest absolute Gasteiger partial charge is 0.135 e. The summed E-state index contributed by atoms with van der Waals surface area (Å²) in [5.41, 5.74) is 8.35. The topological polar surface area (TPSA) is 63.9 Å². The van der Waals surface area contributed by atoms with Crippen molar-refractivity contribution in [2.24, 2.45) is 5.73 Å². The molecule has 2 unspecified atom stereocenters. The predicted octanol–water partition coefficient (Wildman–Crippen LogP) is 1.60. The molecular weight excluding hydrogens is 190 g/mol. The van der Waals surface area contributed by atoms with Crippen molar-refractivity contribution in [3.8, 4) is 0 Å². The van der Waals surface area contributed by atoms with Gasteiger partial charge in [-0.25, -0.2) is 4.98 Å². The van der Waals surface area contributed by atoms with Crippen LogP contribution in [0.15, 0.2) is 0 Å². The minimum atomic E-state index is 0.125. The van der Waals surface area contributed by atoms with Crippen LogP contribution < -0.4 is 5.73 Å². The van der Waals surface area contributed by atoms with Crippen molar-refractivity contribution in [2.45, 2.75) is 44.2 Å². The van der Waals surface area contributed by atoms with Crippen molar-refractivity contribution < 1.29 is 4.74 Å². The van der Waals surface area contributed by atoms with Crippen molar-refractivity contribution in [1.29, 1.82) is 0 Å². The van der Waals surface area contributed by atoms with E-state index in [2.05, 4.69) is 9.97 Å². The molecule has 1 fully saturated rings. The number of H-pyrrole nitrogens is 1. The number of aromatic amines is 1. The second kappa shape index (κ2) is 3.61. The third-order valence-electron chi connectivity index (χ3n) is 3.36. The van der Waals surface area contributed by atoms with Crippen LogP contribution in [-0.2, 0) is 11.2 Å². The molecule has 15 heavy (non-hydrogen) atoms. The summed E-state index contributed by atoms with van der Waals surface area (Å²) in [6.07, 6.45) is 5.72. The highest BCUT2D eigenvalue weighted by Gasteiger charge is 2.26. The highest BCUT2D eigenvalue weighted by molar-refractivity contribution is 5.22. The third-order valence-corrected chi connectivity index (χ3v) is 3.36. The van der Waals surface area contributed by atoms with Gasteiger partial charge in [-0.2, -0.15) is 0 Å². The lowest BCUT2D eigenvalue weighted by molar-refractivity contribution is 0.105. The predicted molar refractivity (Wildman–Crippen MR) is 56.4 cm³/mol. The molecule has 2 atom stereocenters. The van der Waals surface area contributed by atoms with Crippen molar-refractivity contribution in [3.05, 3.63) is 17.2 Å². The fourth-order valence-corrected chi connectivity index (χ4v) is 2.52. The first kappa shape index (κ1) is 9.36. The van der Waals surface area contributed by atoms with Crippen LogP contribution in [0.25, 0.3) is 0 Å². The molecular formula is C11H17N3O. The number of aromatic nitrogens is 2. The number of aryl methyl sites for hydroxylation is 1. The SMILES string of the molecule is NC1CCCc2[nH]c(C3CCCO3)nc21. The van der Waals surface area contributed by atoms with Crippen molar-refractivity contribution >= 4 is 0 Å². The normalized spacial score (nSPS) is 30.5. The van der Waals surface area contributed by atoms with E-state index in [0.29, 0.717) is 0 Å². The number of hydrogen-bond acceptors (Lipinski definition) is 3. The molecule has 4 heteroatoms. The first-order chi connectivity index (χ1) is 7.34. The molecule has 1 saturated heterocycles. The van der Waals surface area contributed by atoms with E-state index in [1.165, 1.54) is 12.1 Å². The Morgan fingerprint density at radius 2 is 2.27 bits per heavy atom. The van der Waals surface area contributed by atoms with E-state index < -0.39 is 0 Å². The van der Waals surface area contributed by atoms with Crippen molar-refractivity contribution in [1.82, 2.24) is 9.97 Å². The molecule has 0 amide bonds. The third kappa shape index (κ3) is 1.58. The van der Waals surface area contributed by atoms with Crippen LogP contribution in [0.1, 0.15) is 55.0 Å². The Bertz CT molecular complexity index is 355. The average molecular weight is 207 g/mol. The van der Waals surface area contributed by atoms with Crippen LogP contribution >= 0.6 is 0 Å². The molecule has 4 nitrogen and oxygen atoms in total. The molecule has 1 aromatic rings. The quantitative estimate of drug-likeness (QED) is 0.735. The van der Waals surface area contributed by atoms with E-state index in [4.69, 9.17) is 10.5 Å². The minimum Gasteiger partial charge on any atom is -0.370 e. The molecule has 0 bridgehead atoms. The summed E-state index contributed by atoms with van der Waals surface area (Å²) >= 11 is 0. The van der Waals surface area contributed by atoms with Crippen LogP contribution in [0.4, 0.5) is 0 Å². The number of nitrogens with zero attached hydrogens (tertiary/aromatic N) is 1. The molecule has 82 valence electrons. The van der Waals surface area contributed by atoms with E-state index in [1.54, 1.807) is 0 Å². The molecule has 0 spiro atoms. The van der Waals surface area contributed by atoms with Gasteiger partial charge in [-0.15, -0.1) is 0 Å². The van der Waals surface area contributed by atoms with E-state index >= 15 is 0 Å². The maximum Gasteiger partial charge on any atom is 0.135 e. The number of hydrogen-bond donors (Lipinski definition) is 2. The number of fused-ring (bicyclic) bond motifs is 1. The van der Waals surface area contributed by atoms with Gasteiger partial charge in [0.1, 0.15) is 11.9 Å². The number of nitrogens with two attached hydrogens (primary N) is 1. The number of nitrogens with one attached hydrogen (secondary N) is 1. The van der Waals surface area contributed by atoms with Gasteiger partial charge in [0.05, 0.1) is 5.69 Å². The summed E-state index contributed by atoms with van der Waals surface area (Å²) in [7, 11) is 0. The lowest BCUT2D eigenvalue weighted by Gasteiger charge is -2.15. The molecule has 3 N–H and O–H groups in total. The van der Waals surface area contributed by atoms with E-state index in [1.807, 2.05) is 0 Å². The zero-order chi connectivity index (χ0) is 10.3. The molecule has 1 aliphatic carbocycles. The van der Waals surface area contributed by atoms with Gasteiger partial charge < -0.3 is 15.5 Å². The van der Waals surface area contributed by atoms with Crippen LogP contribution in [0.2, 0.25) is 0 Å². The van der Waals surface area contributed by atoms with Gasteiger partial charge in [-0.3, -0.25) is 0 Å². The second-order valence-corrected chi connectivity index (χ2v) is 4.49. The van der Waals surface area contributed by atoms with E-state index in [-0.39, 0.29) is 12.1 Å². The van der Waals surface area contributed by atoms with Crippen molar-refractivity contribution in [3.63, 3.8) is 0 Å². The summed E-state index contributed by atoms with van der Waals surface area (Å²) in [6.45, 7) is 0.863. The summed E-state index contributed by atoms with van der Waals surface area (Å²) in [4.78, 5) is 8.00. The van der Waals surface area contributed by atoms with Crippen LogP contribution in [0, 0.1) is 0 Å². The Hall–Kier alpha value is -0.870. The highest BCUT2D eigenvalue weighted by atomic mass is 16.5. The molecule has 2 aliphatic rings. The average Bonchev–Trinajstić information content (AvgIpc) is 2.86. The number of ether oxygens (including phenoxy) is 1. The standard InChI is InChI=1S/C11H17N3O/c12-7-3-1-4-8-10(7)14-11(13-8)9-5-2-6-15-9/h7,9H,1-6,12H2,(H,13,14). The summed E-state index contributed by atoms with van der Waals surface area (Å²) in [6, 6.07) is 0.125. The van der Waals surface area contributed by atoms with E-state index in [0.717, 1.165) is 43.8 Å². The maximum absolute atomic E-state index is 6.04. The first-order valence-electron chi connectivity index (χ1n) is 5.80. The van der Waals surface area contributed by atoms with Gasteiger partial charge >= 0.3 is 0 Å². The zero-order valence-corrected chi connectivity index (χ0v) is 8.83. The fraction of sp³-hybridized carbons (Fsp3) is 0.727. The van der Waals surface area contributed by atoms with Crippen LogP contribution in [-0.4, -0.2) is 16.6 Å². The molecule has 1 aromatic heterocycles. The van der Waals surface area contributed by atoms with Gasteiger partial charge in [0, 0.05) is 18.3 Å². The van der Waals surface area contributed by atoms with Gasteiger partial charge in [-0.05, 0) is 32.1 Å². The number of rotatable bonds is 1. The Labute approximate surface area is 89.2 Å². The zero-order valence-electron chi connectivity index (χ0n) is 8.83. The monoisotopic (exact) mass is 207 g/mol. The highest BCUT2D eigenvalue weighted by Crippen LogP contribution is 2.31. The summed E-state index contributed by atoms with van der Waals surface area (Å²) in [5.74, 6) is 0.995. The lowest BCUT2D eigenvalue weighted by Crippen LogP contribution is -2.17. The van der Waals surface area contributed by atoms with Crippen LogP contribution in [0.5, 0.6) is 0 Å². The molecule has 0 radical (unpaired) electrons. The maximum atomic E-state index is 6.04. The lowest BCUT2D eigenvalue weighted by atomic mass is 9.97. The van der Waals surface area contributed by atoms with E-state index in [9.17, 15) is 0 Å². The Morgan fingerprint density at radius 3 is 3.00 bits per heavy atom. The fourth-order valence-electron chi connectivity index (χ4n) is 2.52. The van der Waals surface area contributed by atoms with Gasteiger partial charge in [0.25, 0.3) is 0 Å². The number of imidazole rings is 1. The van der Waals surface area contributed by atoms with Gasteiger partial charge in [0.15, 0.2) is 0 Å². The molecule has 0 aromatic carbocycles. The Morgan fingerprint density at radius 1 is 1.33 bits per heavy atom. The molecule has 2 heterocycles. The Balaban J connectivity index is 1.90.